The summed E-state index contributed by atoms with van der Waals surface area (Å²) < 4.78 is 27.2. The van der Waals surface area contributed by atoms with Gasteiger partial charge in [-0.3, -0.25) is 9.10 Å². The van der Waals surface area contributed by atoms with Crippen molar-refractivity contribution < 1.29 is 13.2 Å². The zero-order chi connectivity index (χ0) is 21.0. The summed E-state index contributed by atoms with van der Waals surface area (Å²) in [7, 11) is -2.22. The van der Waals surface area contributed by atoms with Crippen LogP contribution in [-0.4, -0.2) is 21.4 Å². The van der Waals surface area contributed by atoms with Crippen LogP contribution in [0.25, 0.3) is 0 Å². The molecule has 0 fully saturated rings. The number of carbonyl (C=O) groups excluding carboxylic acids is 1. The molecule has 0 spiro atoms. The topological polar surface area (TPSA) is 66.5 Å². The molecule has 3 aromatic carbocycles. The normalized spacial score (nSPS) is 11.1. The van der Waals surface area contributed by atoms with Crippen LogP contribution in [0.2, 0.25) is 0 Å². The Hall–Kier alpha value is -3.12. The molecule has 0 unspecified atom stereocenters. The van der Waals surface area contributed by atoms with E-state index in [1.165, 1.54) is 11.4 Å². The third-order valence-corrected chi connectivity index (χ3v) is 6.57. The van der Waals surface area contributed by atoms with Crippen molar-refractivity contribution in [3.8, 4) is 0 Å². The zero-order valence-electron chi connectivity index (χ0n) is 16.7. The average molecular weight is 409 g/mol. The predicted octanol–water partition coefficient (Wildman–Crippen LogP) is 4.06. The highest BCUT2D eigenvalue weighted by Crippen LogP contribution is 2.26. The van der Waals surface area contributed by atoms with Crippen LogP contribution in [0.1, 0.15) is 27.0 Å². The Kier molecular flexibility index (Phi) is 6.03. The summed E-state index contributed by atoms with van der Waals surface area (Å²) in [5.74, 6) is -0.253. The highest BCUT2D eigenvalue weighted by molar-refractivity contribution is 7.92. The average Bonchev–Trinajstić information content (AvgIpc) is 2.73. The monoisotopic (exact) mass is 408 g/mol. The minimum atomic E-state index is -3.73. The van der Waals surface area contributed by atoms with Crippen LogP contribution in [0, 0.1) is 13.8 Å². The molecular formula is C23H24N2O3S. The van der Waals surface area contributed by atoms with Gasteiger partial charge in [0.15, 0.2) is 0 Å². The Labute approximate surface area is 172 Å². The van der Waals surface area contributed by atoms with Crippen molar-refractivity contribution in [2.45, 2.75) is 25.3 Å². The van der Waals surface area contributed by atoms with Crippen molar-refractivity contribution in [2.24, 2.45) is 0 Å². The summed E-state index contributed by atoms with van der Waals surface area (Å²) in [4.78, 5) is 12.8. The molecule has 0 radical (unpaired) electrons. The smallest absolute Gasteiger partial charge is 0.264 e. The van der Waals surface area contributed by atoms with Crippen molar-refractivity contribution in [1.82, 2.24) is 5.32 Å². The lowest BCUT2D eigenvalue weighted by atomic mass is 10.1. The zero-order valence-corrected chi connectivity index (χ0v) is 17.5. The molecular weight excluding hydrogens is 384 g/mol. The first-order valence-electron chi connectivity index (χ1n) is 9.27. The second kappa shape index (κ2) is 8.49. The van der Waals surface area contributed by atoms with E-state index < -0.39 is 10.0 Å². The van der Waals surface area contributed by atoms with Gasteiger partial charge in [0.05, 0.1) is 10.6 Å². The van der Waals surface area contributed by atoms with Crippen LogP contribution >= 0.6 is 0 Å². The minimum Gasteiger partial charge on any atom is -0.348 e. The van der Waals surface area contributed by atoms with Gasteiger partial charge in [0, 0.05) is 19.2 Å². The summed E-state index contributed by atoms with van der Waals surface area (Å²) in [6.07, 6.45) is 0. The quantitative estimate of drug-likeness (QED) is 0.669. The minimum absolute atomic E-state index is 0.212. The number of anilines is 1. The second-order valence-corrected chi connectivity index (χ2v) is 8.92. The summed E-state index contributed by atoms with van der Waals surface area (Å²) >= 11 is 0. The maximum absolute atomic E-state index is 13.0. The predicted molar refractivity (Wildman–Crippen MR) is 116 cm³/mol. The van der Waals surface area contributed by atoms with Crippen molar-refractivity contribution in [3.63, 3.8) is 0 Å². The van der Waals surface area contributed by atoms with Gasteiger partial charge in [0.1, 0.15) is 0 Å². The van der Waals surface area contributed by atoms with Crippen LogP contribution in [-0.2, 0) is 16.6 Å². The van der Waals surface area contributed by atoms with Crippen molar-refractivity contribution in [3.05, 3.63) is 95.1 Å². The number of nitrogens with zero attached hydrogens (tertiary/aromatic N) is 1. The van der Waals surface area contributed by atoms with Gasteiger partial charge in [-0.05, 0) is 49.2 Å². The van der Waals surface area contributed by atoms with Crippen LogP contribution in [0.5, 0.6) is 0 Å². The molecule has 0 saturated carbocycles. The number of carbonyl (C=O) groups is 1. The summed E-state index contributed by atoms with van der Waals surface area (Å²) in [6, 6.07) is 21.4. The molecule has 1 amide bonds. The Balaban J connectivity index is 1.84. The molecule has 6 heteroatoms. The van der Waals surface area contributed by atoms with E-state index in [9.17, 15) is 13.2 Å². The molecule has 3 aromatic rings. The first-order valence-corrected chi connectivity index (χ1v) is 10.7. The van der Waals surface area contributed by atoms with E-state index in [1.807, 2.05) is 44.2 Å². The second-order valence-electron chi connectivity index (χ2n) is 6.96. The molecule has 150 valence electrons. The molecule has 29 heavy (non-hydrogen) atoms. The number of benzene rings is 3. The van der Waals surface area contributed by atoms with Gasteiger partial charge in [0.25, 0.3) is 15.9 Å². The van der Waals surface area contributed by atoms with E-state index in [1.54, 1.807) is 42.5 Å². The van der Waals surface area contributed by atoms with Crippen LogP contribution in [0.3, 0.4) is 0 Å². The number of amides is 1. The summed E-state index contributed by atoms with van der Waals surface area (Å²) in [5, 5.41) is 2.87. The van der Waals surface area contributed by atoms with Crippen LogP contribution < -0.4 is 9.62 Å². The highest BCUT2D eigenvalue weighted by atomic mass is 32.2. The van der Waals surface area contributed by atoms with Gasteiger partial charge in [-0.1, -0.05) is 54.1 Å². The van der Waals surface area contributed by atoms with Crippen molar-refractivity contribution in [2.75, 3.05) is 11.4 Å². The van der Waals surface area contributed by atoms with Gasteiger partial charge in [-0.25, -0.2) is 8.42 Å². The highest BCUT2D eigenvalue weighted by Gasteiger charge is 2.23. The maximum atomic E-state index is 13.0. The van der Waals surface area contributed by atoms with Gasteiger partial charge in [-0.2, -0.15) is 0 Å². The lowest BCUT2D eigenvalue weighted by molar-refractivity contribution is 0.0951. The number of rotatable bonds is 6. The largest absolute Gasteiger partial charge is 0.348 e. The lowest BCUT2D eigenvalue weighted by Gasteiger charge is -2.22. The molecule has 0 bridgehead atoms. The third kappa shape index (κ3) is 4.66. The molecule has 0 aliphatic heterocycles. The molecule has 5 nitrogen and oxygen atoms in total. The standard InChI is InChI=1S/C23H24N2O3S/c1-17-9-13-21(14-10-17)29(27,28)25(3)22-15-20(12-11-18(22)2)23(26)24-16-19-7-5-4-6-8-19/h4-15H,16H2,1-3H3,(H,24,26). The molecule has 0 heterocycles. The Bertz CT molecular complexity index is 1110. The fourth-order valence-electron chi connectivity index (χ4n) is 2.97. The van der Waals surface area contributed by atoms with Crippen molar-refractivity contribution >= 4 is 21.6 Å². The van der Waals surface area contributed by atoms with Gasteiger partial charge >= 0.3 is 0 Å². The molecule has 0 aliphatic rings. The van der Waals surface area contributed by atoms with E-state index in [4.69, 9.17) is 0 Å². The van der Waals surface area contributed by atoms with E-state index in [0.29, 0.717) is 17.8 Å². The molecule has 0 atom stereocenters. The fraction of sp³-hybridized carbons (Fsp3) is 0.174. The fourth-order valence-corrected chi connectivity index (χ4v) is 4.22. The first kappa shape index (κ1) is 20.6. The van der Waals surface area contributed by atoms with Gasteiger partial charge < -0.3 is 5.32 Å². The maximum Gasteiger partial charge on any atom is 0.264 e. The summed E-state index contributed by atoms with van der Waals surface area (Å²) in [5.41, 5.74) is 3.63. The van der Waals surface area contributed by atoms with Gasteiger partial charge in [-0.15, -0.1) is 0 Å². The SMILES string of the molecule is Cc1ccc(S(=O)(=O)N(C)c2cc(C(=O)NCc3ccccc3)ccc2C)cc1. The summed E-state index contributed by atoms with van der Waals surface area (Å²) in [6.45, 7) is 4.13. The van der Waals surface area contributed by atoms with E-state index in [0.717, 1.165) is 16.7 Å². The van der Waals surface area contributed by atoms with Crippen molar-refractivity contribution in [1.29, 1.82) is 0 Å². The van der Waals surface area contributed by atoms with Crippen LogP contribution in [0.15, 0.2) is 77.7 Å². The number of nitrogens with one attached hydrogen (secondary N) is 1. The molecule has 0 saturated heterocycles. The lowest BCUT2D eigenvalue weighted by Crippen LogP contribution is -2.28. The Morgan fingerprint density at radius 1 is 0.931 bits per heavy atom. The molecule has 3 rings (SSSR count). The molecule has 0 aromatic heterocycles. The van der Waals surface area contributed by atoms with E-state index >= 15 is 0 Å². The van der Waals surface area contributed by atoms with Gasteiger partial charge in [0.2, 0.25) is 0 Å². The van der Waals surface area contributed by atoms with E-state index in [-0.39, 0.29) is 10.8 Å². The number of hydrogen-bond acceptors (Lipinski definition) is 3. The molecule has 0 aliphatic carbocycles. The third-order valence-electron chi connectivity index (χ3n) is 4.79. The number of aryl methyl sites for hydroxylation is 2. The number of sulfonamides is 1. The van der Waals surface area contributed by atoms with Crippen LogP contribution in [0.4, 0.5) is 5.69 Å². The molecule has 1 N–H and O–H groups in total. The Morgan fingerprint density at radius 2 is 1.59 bits per heavy atom. The number of hydrogen-bond donors (Lipinski definition) is 1. The first-order chi connectivity index (χ1) is 13.8. The van der Waals surface area contributed by atoms with E-state index in [2.05, 4.69) is 5.32 Å². The Morgan fingerprint density at radius 3 is 2.24 bits per heavy atom.